The van der Waals surface area contributed by atoms with Gasteiger partial charge in [0.25, 0.3) is 0 Å². The van der Waals surface area contributed by atoms with E-state index in [0.717, 1.165) is 57.9 Å². The maximum atomic E-state index is 12.3. The summed E-state index contributed by atoms with van der Waals surface area (Å²) in [5.41, 5.74) is 4.75. The van der Waals surface area contributed by atoms with Gasteiger partial charge in [0.2, 0.25) is 0 Å². The second kappa shape index (κ2) is 13.6. The molecule has 0 aliphatic rings. The first-order valence-corrected chi connectivity index (χ1v) is 13.8. The van der Waals surface area contributed by atoms with E-state index in [4.69, 9.17) is 19.2 Å². The zero-order valence-electron chi connectivity index (χ0n) is 22.7. The molecule has 2 N–H and O–H groups in total. The molecule has 0 unspecified atom stereocenters. The second-order valence-electron chi connectivity index (χ2n) is 8.61. The van der Waals surface area contributed by atoms with Crippen molar-refractivity contribution < 1.29 is 19.0 Å². The topological polar surface area (TPSA) is 86.6 Å². The van der Waals surface area contributed by atoms with Gasteiger partial charge in [-0.25, -0.2) is 9.78 Å². The lowest BCUT2D eigenvalue weighted by Crippen LogP contribution is -2.29. The lowest BCUT2D eigenvalue weighted by molar-refractivity contribution is 0.252. The van der Waals surface area contributed by atoms with Gasteiger partial charge in [-0.2, -0.15) is 0 Å². The molecule has 4 rings (SSSR count). The van der Waals surface area contributed by atoms with Crippen LogP contribution in [-0.2, 0) is 6.54 Å². The standard InChI is InChI=1S/C30H34N4O4S/c1-5-34-28(22-12-16-25(37-3)17-13-22)27(21-10-14-24(36-2)15-11-21)33-30(34)39-19-7-18-31-29(35)32-23-8-6-9-26(20-23)38-4/h6,8-17,20H,5,7,18-19H2,1-4H3,(H2,31,32,35). The Bertz CT molecular complexity index is 1370. The van der Waals surface area contributed by atoms with E-state index >= 15 is 0 Å². The highest BCUT2D eigenvalue weighted by atomic mass is 32.2. The van der Waals surface area contributed by atoms with Crippen molar-refractivity contribution in [3.63, 3.8) is 0 Å². The first kappa shape index (κ1) is 27.9. The average Bonchev–Trinajstić information content (AvgIpc) is 3.35. The van der Waals surface area contributed by atoms with Crippen molar-refractivity contribution in [1.29, 1.82) is 0 Å². The van der Waals surface area contributed by atoms with Crippen LogP contribution in [-0.4, -0.2) is 49.2 Å². The second-order valence-corrected chi connectivity index (χ2v) is 9.67. The van der Waals surface area contributed by atoms with Gasteiger partial charge in [0.1, 0.15) is 17.2 Å². The van der Waals surface area contributed by atoms with Crippen LogP contribution >= 0.6 is 11.8 Å². The summed E-state index contributed by atoms with van der Waals surface area (Å²) in [4.78, 5) is 17.4. The molecule has 9 heteroatoms. The highest BCUT2D eigenvalue weighted by molar-refractivity contribution is 7.99. The number of thioether (sulfide) groups is 1. The summed E-state index contributed by atoms with van der Waals surface area (Å²) in [5.74, 6) is 3.11. The molecular formula is C30H34N4O4S. The van der Waals surface area contributed by atoms with Gasteiger partial charge in [0.15, 0.2) is 5.16 Å². The quantitative estimate of drug-likeness (QED) is 0.154. The first-order valence-electron chi connectivity index (χ1n) is 12.8. The van der Waals surface area contributed by atoms with Crippen molar-refractivity contribution in [1.82, 2.24) is 14.9 Å². The SMILES string of the molecule is CCn1c(SCCCNC(=O)Nc2cccc(OC)c2)nc(-c2ccc(OC)cc2)c1-c1ccc(OC)cc1. The third kappa shape index (κ3) is 7.06. The molecule has 0 fully saturated rings. The number of imidazole rings is 1. The molecule has 8 nitrogen and oxygen atoms in total. The van der Waals surface area contributed by atoms with Crippen LogP contribution in [0.25, 0.3) is 22.5 Å². The molecule has 39 heavy (non-hydrogen) atoms. The Kier molecular flexibility index (Phi) is 9.74. The van der Waals surface area contributed by atoms with E-state index in [1.165, 1.54) is 0 Å². The van der Waals surface area contributed by atoms with E-state index in [1.54, 1.807) is 39.2 Å². The van der Waals surface area contributed by atoms with Crippen LogP contribution in [0.1, 0.15) is 13.3 Å². The molecule has 3 aromatic carbocycles. The third-order valence-corrected chi connectivity index (χ3v) is 7.20. The van der Waals surface area contributed by atoms with Crippen molar-refractivity contribution in [2.24, 2.45) is 0 Å². The smallest absolute Gasteiger partial charge is 0.319 e. The highest BCUT2D eigenvalue weighted by Crippen LogP contribution is 2.37. The number of ether oxygens (including phenoxy) is 3. The molecule has 204 valence electrons. The van der Waals surface area contributed by atoms with Crippen LogP contribution in [0.2, 0.25) is 0 Å². The molecule has 0 bridgehead atoms. The number of aromatic nitrogens is 2. The number of benzene rings is 3. The van der Waals surface area contributed by atoms with Crippen LogP contribution in [0.5, 0.6) is 17.2 Å². The zero-order chi connectivity index (χ0) is 27.6. The Morgan fingerprint density at radius 1 is 0.872 bits per heavy atom. The minimum atomic E-state index is -0.244. The van der Waals surface area contributed by atoms with E-state index in [0.29, 0.717) is 18.0 Å². The van der Waals surface area contributed by atoms with E-state index in [-0.39, 0.29) is 6.03 Å². The number of anilines is 1. The predicted octanol–water partition coefficient (Wildman–Crippen LogP) is 6.57. The van der Waals surface area contributed by atoms with E-state index in [2.05, 4.69) is 34.3 Å². The van der Waals surface area contributed by atoms with Gasteiger partial charge >= 0.3 is 6.03 Å². The van der Waals surface area contributed by atoms with Crippen LogP contribution in [0.15, 0.2) is 78.0 Å². The van der Waals surface area contributed by atoms with Crippen LogP contribution in [0.3, 0.4) is 0 Å². The Labute approximate surface area is 233 Å². The first-order chi connectivity index (χ1) is 19.1. The van der Waals surface area contributed by atoms with Gasteiger partial charge in [-0.3, -0.25) is 0 Å². The monoisotopic (exact) mass is 546 g/mol. The van der Waals surface area contributed by atoms with Crippen molar-refractivity contribution >= 4 is 23.5 Å². The summed E-state index contributed by atoms with van der Waals surface area (Å²) in [6, 6.07) is 23.1. The van der Waals surface area contributed by atoms with Crippen molar-refractivity contribution in [2.45, 2.75) is 25.0 Å². The fraction of sp³-hybridized carbons (Fsp3) is 0.267. The van der Waals surface area contributed by atoms with E-state index in [9.17, 15) is 4.79 Å². The van der Waals surface area contributed by atoms with Crippen LogP contribution < -0.4 is 24.8 Å². The number of methoxy groups -OCH3 is 3. The highest BCUT2D eigenvalue weighted by Gasteiger charge is 2.20. The minimum Gasteiger partial charge on any atom is -0.497 e. The average molecular weight is 547 g/mol. The summed E-state index contributed by atoms with van der Waals surface area (Å²) in [7, 11) is 4.93. The van der Waals surface area contributed by atoms with Gasteiger partial charge in [0, 0.05) is 41.7 Å². The number of carbonyl (C=O) groups is 1. The Morgan fingerprint density at radius 2 is 1.51 bits per heavy atom. The minimum absolute atomic E-state index is 0.244. The number of carbonyl (C=O) groups excluding carboxylic acids is 1. The lowest BCUT2D eigenvalue weighted by atomic mass is 10.0. The van der Waals surface area contributed by atoms with E-state index < -0.39 is 0 Å². The Morgan fingerprint density at radius 3 is 2.13 bits per heavy atom. The largest absolute Gasteiger partial charge is 0.497 e. The summed E-state index contributed by atoms with van der Waals surface area (Å²) < 4.78 is 18.2. The number of hydrogen-bond acceptors (Lipinski definition) is 6. The summed E-state index contributed by atoms with van der Waals surface area (Å²) in [5, 5.41) is 6.69. The molecular weight excluding hydrogens is 512 g/mol. The molecule has 1 aromatic heterocycles. The van der Waals surface area contributed by atoms with Gasteiger partial charge in [-0.05, 0) is 74.0 Å². The van der Waals surface area contributed by atoms with Gasteiger partial charge in [0.05, 0.1) is 32.7 Å². The molecule has 0 aliphatic carbocycles. The van der Waals surface area contributed by atoms with Crippen LogP contribution in [0.4, 0.5) is 10.5 Å². The fourth-order valence-electron chi connectivity index (χ4n) is 4.14. The van der Waals surface area contributed by atoms with Gasteiger partial charge in [-0.1, -0.05) is 17.8 Å². The molecule has 0 atom stereocenters. The molecule has 0 saturated heterocycles. The normalized spacial score (nSPS) is 10.7. The molecule has 0 radical (unpaired) electrons. The van der Waals surface area contributed by atoms with Crippen molar-refractivity contribution in [3.05, 3.63) is 72.8 Å². The summed E-state index contributed by atoms with van der Waals surface area (Å²) in [6.07, 6.45) is 0.794. The number of rotatable bonds is 12. The fourth-order valence-corrected chi connectivity index (χ4v) is 5.14. The Balaban J connectivity index is 1.45. The Hall–Kier alpha value is -4.11. The summed E-state index contributed by atoms with van der Waals surface area (Å²) >= 11 is 1.69. The van der Waals surface area contributed by atoms with Crippen molar-refractivity contribution in [2.75, 3.05) is 38.9 Å². The maximum Gasteiger partial charge on any atom is 0.319 e. The van der Waals surface area contributed by atoms with E-state index in [1.807, 2.05) is 54.6 Å². The molecule has 1 heterocycles. The lowest BCUT2D eigenvalue weighted by Gasteiger charge is -2.12. The molecule has 0 aliphatic heterocycles. The summed E-state index contributed by atoms with van der Waals surface area (Å²) in [6.45, 7) is 3.45. The number of hydrogen-bond donors (Lipinski definition) is 2. The number of nitrogens with zero attached hydrogens (tertiary/aromatic N) is 2. The number of urea groups is 1. The van der Waals surface area contributed by atoms with Gasteiger partial charge < -0.3 is 29.4 Å². The van der Waals surface area contributed by atoms with Crippen LogP contribution in [0, 0.1) is 0 Å². The third-order valence-electron chi connectivity index (χ3n) is 6.14. The van der Waals surface area contributed by atoms with Gasteiger partial charge in [-0.15, -0.1) is 0 Å². The zero-order valence-corrected chi connectivity index (χ0v) is 23.5. The predicted molar refractivity (Wildman–Crippen MR) is 157 cm³/mol. The number of amides is 2. The molecule has 0 saturated carbocycles. The maximum absolute atomic E-state index is 12.3. The van der Waals surface area contributed by atoms with Crippen molar-refractivity contribution in [3.8, 4) is 39.8 Å². The molecule has 4 aromatic rings. The molecule has 0 spiro atoms. The number of nitrogens with one attached hydrogen (secondary N) is 2. The molecule has 2 amide bonds.